The summed E-state index contributed by atoms with van der Waals surface area (Å²) in [7, 11) is -3.43. The van der Waals surface area contributed by atoms with Gasteiger partial charge in [0.15, 0.2) is 0 Å². The minimum absolute atomic E-state index is 0.397. The molecule has 0 saturated heterocycles. The number of nitrogens with one attached hydrogen (secondary N) is 1. The molecule has 0 amide bonds. The third-order valence-corrected chi connectivity index (χ3v) is 6.35. The van der Waals surface area contributed by atoms with Gasteiger partial charge in [-0.1, -0.05) is 0 Å². The van der Waals surface area contributed by atoms with E-state index in [9.17, 15) is 8.42 Å². The summed E-state index contributed by atoms with van der Waals surface area (Å²) < 4.78 is 27.0. The molecule has 3 heterocycles. The molecule has 0 fully saturated rings. The number of nitrogens with zero attached hydrogens (tertiary/aromatic N) is 2. The molecule has 1 aliphatic rings. The fraction of sp³-hybridized carbons (Fsp3) is 0.364. The van der Waals surface area contributed by atoms with Gasteiger partial charge in [-0.15, -0.1) is 11.3 Å². The van der Waals surface area contributed by atoms with Crippen LogP contribution in [0.1, 0.15) is 17.7 Å². The van der Waals surface area contributed by atoms with Crippen molar-refractivity contribution in [3.63, 3.8) is 0 Å². The topological polar surface area (TPSA) is 66.1 Å². The lowest BCUT2D eigenvalue weighted by Gasteiger charge is -2.26. The summed E-state index contributed by atoms with van der Waals surface area (Å²) in [5.74, 6) is 0. The Kier molecular flexibility index (Phi) is 2.67. The lowest BCUT2D eigenvalue weighted by atomic mass is 10.1. The summed E-state index contributed by atoms with van der Waals surface area (Å²) >= 11 is 1.27. The van der Waals surface area contributed by atoms with Gasteiger partial charge in [-0.25, -0.2) is 8.42 Å². The van der Waals surface area contributed by atoms with Crippen molar-refractivity contribution in [3.8, 4) is 0 Å². The first-order valence-electron chi connectivity index (χ1n) is 5.69. The summed E-state index contributed by atoms with van der Waals surface area (Å²) in [6.07, 6.45) is 3.26. The molecule has 0 aliphatic carbocycles. The number of thiophene rings is 1. The third-order valence-electron chi connectivity index (χ3n) is 3.00. The normalized spacial score (nSPS) is 15.7. The number of aryl methyl sites for hydroxylation is 2. The Balaban J connectivity index is 2.07. The summed E-state index contributed by atoms with van der Waals surface area (Å²) in [6, 6.07) is 1.72. The fourth-order valence-electron chi connectivity index (χ4n) is 2.12. The molecule has 0 atom stereocenters. The Bertz CT molecular complexity index is 672. The minimum Gasteiger partial charge on any atom is -0.280 e. The zero-order valence-corrected chi connectivity index (χ0v) is 11.5. The molecule has 3 rings (SSSR count). The van der Waals surface area contributed by atoms with Crippen LogP contribution in [0.15, 0.2) is 21.9 Å². The van der Waals surface area contributed by atoms with Gasteiger partial charge >= 0.3 is 0 Å². The largest absolute Gasteiger partial charge is 0.280 e. The Morgan fingerprint density at radius 2 is 2.33 bits per heavy atom. The van der Waals surface area contributed by atoms with Gasteiger partial charge in [0.05, 0.1) is 17.6 Å². The van der Waals surface area contributed by atoms with Crippen LogP contribution in [0.4, 0.5) is 5.69 Å². The highest BCUT2D eigenvalue weighted by Gasteiger charge is 2.31. The standard InChI is InChI=1S/C11H13N3O2S2/c1-8-5-11(17-7-8)18(15,16)14-4-2-3-9-10(14)6-12-13-9/h5-7H,2-4H2,1H3,(H,12,13). The van der Waals surface area contributed by atoms with Gasteiger partial charge in [0.1, 0.15) is 4.21 Å². The average molecular weight is 283 g/mol. The van der Waals surface area contributed by atoms with Gasteiger partial charge in [0, 0.05) is 6.54 Å². The van der Waals surface area contributed by atoms with Gasteiger partial charge in [0.2, 0.25) is 0 Å². The maximum Gasteiger partial charge on any atom is 0.273 e. The molecule has 0 saturated carbocycles. The SMILES string of the molecule is Cc1csc(S(=O)(=O)N2CCCc3[nH]ncc32)c1. The second kappa shape index (κ2) is 4.10. The number of H-pyrrole nitrogens is 1. The van der Waals surface area contributed by atoms with E-state index in [1.807, 2.05) is 12.3 Å². The van der Waals surface area contributed by atoms with Gasteiger partial charge in [-0.05, 0) is 36.8 Å². The maximum atomic E-state index is 12.6. The van der Waals surface area contributed by atoms with Gasteiger partial charge in [0.25, 0.3) is 10.0 Å². The molecule has 2 aromatic rings. The fourth-order valence-corrected chi connectivity index (χ4v) is 4.99. The highest BCUT2D eigenvalue weighted by Crippen LogP contribution is 2.32. The summed E-state index contributed by atoms with van der Waals surface area (Å²) in [4.78, 5) is 0. The first kappa shape index (κ1) is 11.7. The van der Waals surface area contributed by atoms with Crippen molar-refractivity contribution in [1.29, 1.82) is 0 Å². The van der Waals surface area contributed by atoms with Crippen LogP contribution in [0.5, 0.6) is 0 Å². The van der Waals surface area contributed by atoms with E-state index in [4.69, 9.17) is 0 Å². The summed E-state index contributed by atoms with van der Waals surface area (Å²) in [6.45, 7) is 2.42. The van der Waals surface area contributed by atoms with Crippen molar-refractivity contribution in [1.82, 2.24) is 10.2 Å². The number of sulfonamides is 1. The summed E-state index contributed by atoms with van der Waals surface area (Å²) in [5.41, 5.74) is 2.56. The monoisotopic (exact) mass is 283 g/mol. The second-order valence-electron chi connectivity index (χ2n) is 4.36. The van der Waals surface area contributed by atoms with Gasteiger partial charge in [-0.3, -0.25) is 9.40 Å². The van der Waals surface area contributed by atoms with Crippen LogP contribution < -0.4 is 4.31 Å². The van der Waals surface area contributed by atoms with E-state index in [-0.39, 0.29) is 0 Å². The lowest BCUT2D eigenvalue weighted by Crippen LogP contribution is -2.34. The Labute approximate surface area is 110 Å². The first-order valence-corrected chi connectivity index (χ1v) is 8.01. The third kappa shape index (κ3) is 1.74. The number of anilines is 1. The molecular formula is C11H13N3O2S2. The molecule has 7 heteroatoms. The number of fused-ring (bicyclic) bond motifs is 1. The highest BCUT2D eigenvalue weighted by molar-refractivity contribution is 7.94. The van der Waals surface area contributed by atoms with Gasteiger partial charge < -0.3 is 0 Å². The molecule has 5 nitrogen and oxygen atoms in total. The van der Waals surface area contributed by atoms with Crippen molar-refractivity contribution in [2.45, 2.75) is 24.0 Å². The summed E-state index contributed by atoms with van der Waals surface area (Å²) in [5, 5.41) is 8.66. The van der Waals surface area contributed by atoms with Crippen LogP contribution >= 0.6 is 11.3 Å². The maximum absolute atomic E-state index is 12.6. The Morgan fingerprint density at radius 3 is 3.06 bits per heavy atom. The molecule has 18 heavy (non-hydrogen) atoms. The second-order valence-corrected chi connectivity index (χ2v) is 7.36. The van der Waals surface area contributed by atoms with Crippen LogP contribution in [-0.2, 0) is 16.4 Å². The molecule has 0 spiro atoms. The molecule has 0 unspecified atom stereocenters. The smallest absolute Gasteiger partial charge is 0.273 e. The number of aromatic nitrogens is 2. The molecular weight excluding hydrogens is 270 g/mol. The average Bonchev–Trinajstić information content (AvgIpc) is 2.96. The van der Waals surface area contributed by atoms with E-state index in [0.717, 1.165) is 24.1 Å². The van der Waals surface area contributed by atoms with E-state index in [0.29, 0.717) is 16.4 Å². The minimum atomic E-state index is -3.43. The molecule has 0 aromatic carbocycles. The van der Waals surface area contributed by atoms with Crippen LogP contribution in [0, 0.1) is 6.92 Å². The molecule has 1 aliphatic heterocycles. The molecule has 0 bridgehead atoms. The van der Waals surface area contributed by atoms with E-state index in [2.05, 4.69) is 10.2 Å². The van der Waals surface area contributed by atoms with E-state index in [1.54, 1.807) is 12.3 Å². The van der Waals surface area contributed by atoms with Crippen molar-refractivity contribution in [3.05, 3.63) is 28.9 Å². The van der Waals surface area contributed by atoms with Crippen LogP contribution in [0.3, 0.4) is 0 Å². The Hall–Kier alpha value is -1.34. The predicted molar refractivity (Wildman–Crippen MR) is 70.5 cm³/mol. The zero-order chi connectivity index (χ0) is 12.8. The molecule has 2 aromatic heterocycles. The lowest BCUT2D eigenvalue weighted by molar-refractivity contribution is 0.588. The highest BCUT2D eigenvalue weighted by atomic mass is 32.2. The van der Waals surface area contributed by atoms with Crippen molar-refractivity contribution in [2.24, 2.45) is 0 Å². The number of aromatic amines is 1. The molecule has 96 valence electrons. The Morgan fingerprint density at radius 1 is 1.50 bits per heavy atom. The quantitative estimate of drug-likeness (QED) is 0.915. The zero-order valence-electron chi connectivity index (χ0n) is 9.88. The number of hydrogen-bond acceptors (Lipinski definition) is 4. The van der Waals surface area contributed by atoms with Crippen molar-refractivity contribution < 1.29 is 8.42 Å². The van der Waals surface area contributed by atoms with E-state index >= 15 is 0 Å². The van der Waals surface area contributed by atoms with E-state index < -0.39 is 10.0 Å². The number of rotatable bonds is 2. The predicted octanol–water partition coefficient (Wildman–Crippen LogP) is 1.92. The van der Waals surface area contributed by atoms with Gasteiger partial charge in [-0.2, -0.15) is 5.10 Å². The van der Waals surface area contributed by atoms with Crippen molar-refractivity contribution in [2.75, 3.05) is 10.8 Å². The number of hydrogen-bond donors (Lipinski definition) is 1. The van der Waals surface area contributed by atoms with Crippen molar-refractivity contribution >= 4 is 27.0 Å². The van der Waals surface area contributed by atoms with Crippen LogP contribution in [-0.4, -0.2) is 25.2 Å². The molecule has 0 radical (unpaired) electrons. The van der Waals surface area contributed by atoms with Crippen LogP contribution in [0.2, 0.25) is 0 Å². The van der Waals surface area contributed by atoms with Crippen LogP contribution in [0.25, 0.3) is 0 Å². The first-order chi connectivity index (χ1) is 8.59. The molecule has 1 N–H and O–H groups in total. The van der Waals surface area contributed by atoms with E-state index in [1.165, 1.54) is 15.6 Å².